The van der Waals surface area contributed by atoms with E-state index in [0.717, 1.165) is 30.7 Å². The molecular weight excluding hydrogens is 316 g/mol. The number of likely N-dealkylation sites (tertiary alicyclic amines) is 1. The molecule has 1 saturated heterocycles. The third-order valence-electron chi connectivity index (χ3n) is 5.97. The molecule has 136 valence electrons. The zero-order valence-electron chi connectivity index (χ0n) is 15.6. The van der Waals surface area contributed by atoms with Gasteiger partial charge in [-0.2, -0.15) is 0 Å². The molecule has 5 nitrogen and oxygen atoms in total. The van der Waals surface area contributed by atoms with Gasteiger partial charge in [0, 0.05) is 33.1 Å². The minimum absolute atomic E-state index is 0.00144. The van der Waals surface area contributed by atoms with Crippen LogP contribution in [0.2, 0.25) is 0 Å². The lowest BCUT2D eigenvalue weighted by atomic mass is 9.88. The van der Waals surface area contributed by atoms with Crippen molar-refractivity contribution in [1.29, 1.82) is 0 Å². The monoisotopic (exact) mass is 344 g/mol. The second-order valence-electron chi connectivity index (χ2n) is 7.66. The summed E-state index contributed by atoms with van der Waals surface area (Å²) < 4.78 is 5.68. The van der Waals surface area contributed by atoms with E-state index in [1.54, 1.807) is 0 Å². The normalized spacial score (nSPS) is 25.7. The third kappa shape index (κ3) is 3.80. The standard InChI is InChI=1S/C20H28N2O3/c1-13-5-6-18(7-14(13)2)25-12-20(24)22(4)17-8-15-10-19(23)21(3)11-16(15)9-17/h5-7,15-17H,8-12H2,1-4H3/t15-,16+,17-/m1/s1. The molecule has 1 aliphatic heterocycles. The first-order chi connectivity index (χ1) is 11.8. The number of fused-ring (bicyclic) bond motifs is 1. The van der Waals surface area contributed by atoms with E-state index in [4.69, 9.17) is 4.74 Å². The summed E-state index contributed by atoms with van der Waals surface area (Å²) in [7, 11) is 3.73. The summed E-state index contributed by atoms with van der Waals surface area (Å²) in [4.78, 5) is 28.0. The second kappa shape index (κ2) is 7.06. The molecule has 0 spiro atoms. The maximum absolute atomic E-state index is 12.5. The van der Waals surface area contributed by atoms with Gasteiger partial charge in [0.05, 0.1) is 0 Å². The number of amides is 2. The van der Waals surface area contributed by atoms with Crippen LogP contribution in [0.25, 0.3) is 0 Å². The summed E-state index contributed by atoms with van der Waals surface area (Å²) >= 11 is 0. The average molecular weight is 344 g/mol. The zero-order valence-corrected chi connectivity index (χ0v) is 15.6. The number of benzene rings is 1. The molecule has 2 fully saturated rings. The zero-order chi connectivity index (χ0) is 18.1. The predicted octanol–water partition coefficient (Wildman–Crippen LogP) is 2.40. The van der Waals surface area contributed by atoms with Gasteiger partial charge < -0.3 is 14.5 Å². The number of carbonyl (C=O) groups excluding carboxylic acids is 2. The van der Waals surface area contributed by atoms with Crippen molar-refractivity contribution in [1.82, 2.24) is 9.80 Å². The van der Waals surface area contributed by atoms with E-state index in [2.05, 4.69) is 6.92 Å². The molecule has 2 aliphatic rings. The molecule has 1 heterocycles. The van der Waals surface area contributed by atoms with Crippen molar-refractivity contribution >= 4 is 11.8 Å². The third-order valence-corrected chi connectivity index (χ3v) is 5.97. The molecule has 1 aromatic carbocycles. The summed E-state index contributed by atoms with van der Waals surface area (Å²) in [6.45, 7) is 4.97. The highest BCUT2D eigenvalue weighted by atomic mass is 16.5. The number of piperidine rings is 1. The van der Waals surface area contributed by atoms with Crippen molar-refractivity contribution in [2.75, 3.05) is 27.2 Å². The van der Waals surface area contributed by atoms with Crippen LogP contribution in [0, 0.1) is 25.7 Å². The van der Waals surface area contributed by atoms with Gasteiger partial charge in [-0.25, -0.2) is 0 Å². The van der Waals surface area contributed by atoms with Crippen molar-refractivity contribution in [2.45, 2.75) is 39.2 Å². The molecule has 1 saturated carbocycles. The largest absolute Gasteiger partial charge is 0.484 e. The Labute approximate surface area is 149 Å². The second-order valence-corrected chi connectivity index (χ2v) is 7.66. The van der Waals surface area contributed by atoms with E-state index in [0.29, 0.717) is 18.3 Å². The van der Waals surface area contributed by atoms with E-state index >= 15 is 0 Å². The van der Waals surface area contributed by atoms with Crippen LogP contribution in [0.15, 0.2) is 18.2 Å². The van der Waals surface area contributed by atoms with Gasteiger partial charge in [-0.3, -0.25) is 9.59 Å². The summed E-state index contributed by atoms with van der Waals surface area (Å²) in [5.74, 6) is 1.90. The van der Waals surface area contributed by atoms with Crippen LogP contribution in [0.4, 0.5) is 0 Å². The molecule has 25 heavy (non-hydrogen) atoms. The van der Waals surface area contributed by atoms with Gasteiger partial charge >= 0.3 is 0 Å². The van der Waals surface area contributed by atoms with E-state index in [9.17, 15) is 9.59 Å². The number of hydrogen-bond acceptors (Lipinski definition) is 3. The maximum Gasteiger partial charge on any atom is 0.260 e. The van der Waals surface area contributed by atoms with Crippen LogP contribution < -0.4 is 4.74 Å². The molecule has 0 aromatic heterocycles. The fourth-order valence-corrected chi connectivity index (χ4v) is 4.06. The molecule has 3 rings (SSSR count). The minimum atomic E-state index is 0.00144. The number of hydrogen-bond donors (Lipinski definition) is 0. The van der Waals surface area contributed by atoms with Crippen molar-refractivity contribution in [2.24, 2.45) is 11.8 Å². The molecule has 1 aliphatic carbocycles. The first-order valence-electron chi connectivity index (χ1n) is 9.05. The van der Waals surface area contributed by atoms with Crippen LogP contribution in [0.1, 0.15) is 30.4 Å². The number of aryl methyl sites for hydroxylation is 2. The molecule has 3 atom stereocenters. The highest BCUT2D eigenvalue weighted by Gasteiger charge is 2.42. The molecular formula is C20H28N2O3. The Morgan fingerprint density at radius 2 is 1.96 bits per heavy atom. The molecule has 0 bridgehead atoms. The lowest BCUT2D eigenvalue weighted by Gasteiger charge is -2.31. The van der Waals surface area contributed by atoms with Crippen molar-refractivity contribution < 1.29 is 14.3 Å². The van der Waals surface area contributed by atoms with Gasteiger partial charge in [-0.1, -0.05) is 6.07 Å². The molecule has 0 radical (unpaired) electrons. The molecule has 5 heteroatoms. The van der Waals surface area contributed by atoms with E-state index in [-0.39, 0.29) is 24.5 Å². The summed E-state index contributed by atoms with van der Waals surface area (Å²) in [6.07, 6.45) is 2.53. The van der Waals surface area contributed by atoms with Crippen molar-refractivity contribution in [3.05, 3.63) is 29.3 Å². The summed E-state index contributed by atoms with van der Waals surface area (Å²) in [5.41, 5.74) is 2.37. The van der Waals surface area contributed by atoms with E-state index in [1.807, 2.05) is 49.0 Å². The Bertz CT molecular complexity index is 673. The Balaban J connectivity index is 1.54. The number of ether oxygens (including phenoxy) is 1. The van der Waals surface area contributed by atoms with Crippen LogP contribution >= 0.6 is 0 Å². The van der Waals surface area contributed by atoms with Gasteiger partial charge in [0.2, 0.25) is 5.91 Å². The van der Waals surface area contributed by atoms with Gasteiger partial charge in [0.15, 0.2) is 6.61 Å². The summed E-state index contributed by atoms with van der Waals surface area (Å²) in [5, 5.41) is 0. The Morgan fingerprint density at radius 1 is 1.24 bits per heavy atom. The topological polar surface area (TPSA) is 49.9 Å². The Morgan fingerprint density at radius 3 is 2.68 bits per heavy atom. The SMILES string of the molecule is Cc1ccc(OCC(=O)N(C)[C@@H]2C[C@@H]3CC(=O)N(C)C[C@@H]3C2)cc1C. The lowest BCUT2D eigenvalue weighted by Crippen LogP contribution is -2.40. The van der Waals surface area contributed by atoms with Crippen molar-refractivity contribution in [3.8, 4) is 5.75 Å². The fraction of sp³-hybridized carbons (Fsp3) is 0.600. The van der Waals surface area contributed by atoms with Crippen LogP contribution in [-0.4, -0.2) is 54.9 Å². The first-order valence-corrected chi connectivity index (χ1v) is 9.05. The molecule has 1 aromatic rings. The molecule has 2 amide bonds. The van der Waals surface area contributed by atoms with Crippen LogP contribution in [0.5, 0.6) is 5.75 Å². The van der Waals surface area contributed by atoms with Crippen LogP contribution in [-0.2, 0) is 9.59 Å². The number of carbonyl (C=O) groups is 2. The summed E-state index contributed by atoms with van der Waals surface area (Å²) in [6, 6.07) is 6.09. The maximum atomic E-state index is 12.5. The van der Waals surface area contributed by atoms with Gasteiger partial charge in [0.1, 0.15) is 5.75 Å². The molecule has 0 N–H and O–H groups in total. The smallest absolute Gasteiger partial charge is 0.260 e. The van der Waals surface area contributed by atoms with Gasteiger partial charge in [-0.05, 0) is 61.8 Å². The van der Waals surface area contributed by atoms with E-state index < -0.39 is 0 Å². The average Bonchev–Trinajstić information content (AvgIpc) is 2.98. The highest BCUT2D eigenvalue weighted by molar-refractivity contribution is 5.78. The van der Waals surface area contributed by atoms with Gasteiger partial charge in [0.25, 0.3) is 5.91 Å². The Kier molecular flexibility index (Phi) is 5.02. The minimum Gasteiger partial charge on any atom is -0.484 e. The first kappa shape index (κ1) is 17.8. The quantitative estimate of drug-likeness (QED) is 0.843. The number of likely N-dealkylation sites (N-methyl/N-ethyl adjacent to an activating group) is 1. The Hall–Kier alpha value is -2.04. The number of nitrogens with zero attached hydrogens (tertiary/aromatic N) is 2. The van der Waals surface area contributed by atoms with Gasteiger partial charge in [-0.15, -0.1) is 0 Å². The number of rotatable bonds is 4. The molecule has 0 unspecified atom stereocenters. The highest BCUT2D eigenvalue weighted by Crippen LogP contribution is 2.40. The van der Waals surface area contributed by atoms with E-state index in [1.165, 1.54) is 5.56 Å². The lowest BCUT2D eigenvalue weighted by molar-refractivity contribution is -0.135. The fourth-order valence-electron chi connectivity index (χ4n) is 4.06. The van der Waals surface area contributed by atoms with Crippen molar-refractivity contribution in [3.63, 3.8) is 0 Å². The predicted molar refractivity (Wildman–Crippen MR) is 96.4 cm³/mol. The van der Waals surface area contributed by atoms with Crippen LogP contribution in [0.3, 0.4) is 0 Å².